The molecule has 0 bridgehead atoms. The van der Waals surface area contributed by atoms with Crippen LogP contribution >= 0.6 is 15.9 Å². The zero-order chi connectivity index (χ0) is 15.1. The van der Waals surface area contributed by atoms with Crippen molar-refractivity contribution >= 4 is 33.6 Å². The average Bonchev–Trinajstić information content (AvgIpc) is 2.37. The molecular formula is C13H17BrN2O4. The van der Waals surface area contributed by atoms with Gasteiger partial charge in [-0.2, -0.15) is 0 Å². The molecule has 0 spiro atoms. The monoisotopic (exact) mass is 344 g/mol. The molecule has 1 unspecified atom stereocenters. The molecule has 0 aliphatic rings. The summed E-state index contributed by atoms with van der Waals surface area (Å²) in [4.78, 5) is 22.5. The lowest BCUT2D eigenvalue weighted by Gasteiger charge is -2.16. The molecule has 0 aliphatic heterocycles. The molecule has 3 N–H and O–H groups in total. The molecule has 0 heterocycles. The fraction of sp³-hybridized carbons (Fsp3) is 0.385. The van der Waals surface area contributed by atoms with E-state index in [2.05, 4.69) is 26.6 Å². The summed E-state index contributed by atoms with van der Waals surface area (Å²) in [6.07, 6.45) is 0.425. The smallest absolute Gasteiger partial charge is 0.319 e. The van der Waals surface area contributed by atoms with E-state index < -0.39 is 18.0 Å². The third kappa shape index (κ3) is 5.08. The number of halogens is 1. The maximum absolute atomic E-state index is 11.9. The highest BCUT2D eigenvalue weighted by molar-refractivity contribution is 9.10. The van der Waals surface area contributed by atoms with E-state index in [0.717, 1.165) is 4.47 Å². The minimum atomic E-state index is -0.947. The quantitative estimate of drug-likeness (QED) is 0.740. The number of ether oxygens (including phenoxy) is 1. The molecule has 20 heavy (non-hydrogen) atoms. The van der Waals surface area contributed by atoms with Gasteiger partial charge in [-0.3, -0.25) is 4.79 Å². The second-order valence-electron chi connectivity index (χ2n) is 4.15. The maximum Gasteiger partial charge on any atom is 0.319 e. The van der Waals surface area contributed by atoms with E-state index in [4.69, 9.17) is 9.84 Å². The van der Waals surface area contributed by atoms with Crippen LogP contribution in [0.1, 0.15) is 19.8 Å². The van der Waals surface area contributed by atoms with Gasteiger partial charge in [-0.1, -0.05) is 22.9 Å². The van der Waals surface area contributed by atoms with Crippen molar-refractivity contribution in [3.05, 3.63) is 22.7 Å². The van der Waals surface area contributed by atoms with Gasteiger partial charge in [0.05, 0.1) is 19.2 Å². The number of benzene rings is 1. The summed E-state index contributed by atoms with van der Waals surface area (Å²) < 4.78 is 5.94. The number of anilines is 1. The van der Waals surface area contributed by atoms with Crippen molar-refractivity contribution in [2.24, 2.45) is 0 Å². The van der Waals surface area contributed by atoms with Crippen LogP contribution in [0.5, 0.6) is 5.75 Å². The van der Waals surface area contributed by atoms with Crippen LogP contribution in [0.2, 0.25) is 0 Å². The second kappa shape index (κ2) is 7.74. The number of hydrogen-bond acceptors (Lipinski definition) is 3. The number of carbonyl (C=O) groups excluding carboxylic acids is 1. The number of carboxylic acids is 1. The molecule has 0 saturated heterocycles. The van der Waals surface area contributed by atoms with Gasteiger partial charge < -0.3 is 20.5 Å². The van der Waals surface area contributed by atoms with E-state index in [1.807, 2.05) is 6.92 Å². The lowest BCUT2D eigenvalue weighted by atomic mass is 10.1. The number of urea groups is 1. The van der Waals surface area contributed by atoms with Crippen molar-refractivity contribution in [2.45, 2.75) is 25.8 Å². The molecule has 1 aromatic carbocycles. The lowest BCUT2D eigenvalue weighted by molar-refractivity contribution is -0.137. The van der Waals surface area contributed by atoms with Crippen molar-refractivity contribution in [2.75, 3.05) is 12.4 Å². The van der Waals surface area contributed by atoms with Crippen molar-refractivity contribution in [1.29, 1.82) is 0 Å². The number of aliphatic carboxylic acids is 1. The molecule has 1 aromatic rings. The summed E-state index contributed by atoms with van der Waals surface area (Å²) >= 11 is 3.31. The van der Waals surface area contributed by atoms with Crippen molar-refractivity contribution in [1.82, 2.24) is 5.32 Å². The largest absolute Gasteiger partial charge is 0.495 e. The van der Waals surface area contributed by atoms with Gasteiger partial charge in [-0.05, 0) is 24.6 Å². The zero-order valence-electron chi connectivity index (χ0n) is 11.3. The van der Waals surface area contributed by atoms with Crippen molar-refractivity contribution in [3.63, 3.8) is 0 Å². The first-order chi connectivity index (χ1) is 9.46. The van der Waals surface area contributed by atoms with Gasteiger partial charge >= 0.3 is 12.0 Å². The van der Waals surface area contributed by atoms with Gasteiger partial charge in [0, 0.05) is 10.5 Å². The van der Waals surface area contributed by atoms with E-state index in [-0.39, 0.29) is 6.42 Å². The minimum Gasteiger partial charge on any atom is -0.495 e. The van der Waals surface area contributed by atoms with Gasteiger partial charge in [-0.15, -0.1) is 0 Å². The Hall–Kier alpha value is -1.76. The predicted molar refractivity (Wildman–Crippen MR) is 79.2 cm³/mol. The highest BCUT2D eigenvalue weighted by Crippen LogP contribution is 2.27. The zero-order valence-corrected chi connectivity index (χ0v) is 12.9. The standard InChI is InChI=1S/C13H17BrN2O4/c1-3-9(7-12(17)18)15-13(19)16-10-6-8(14)4-5-11(10)20-2/h4-6,9H,3,7H2,1-2H3,(H,17,18)(H2,15,16,19). The lowest BCUT2D eigenvalue weighted by Crippen LogP contribution is -2.38. The topological polar surface area (TPSA) is 87.7 Å². The Morgan fingerprint density at radius 3 is 2.70 bits per heavy atom. The summed E-state index contributed by atoms with van der Waals surface area (Å²) in [6.45, 7) is 1.81. The number of nitrogens with one attached hydrogen (secondary N) is 2. The first-order valence-electron chi connectivity index (χ1n) is 6.09. The molecule has 0 fully saturated rings. The normalized spacial score (nSPS) is 11.6. The Morgan fingerprint density at radius 1 is 1.45 bits per heavy atom. The van der Waals surface area contributed by atoms with E-state index >= 15 is 0 Å². The van der Waals surface area contributed by atoms with Crippen molar-refractivity contribution in [3.8, 4) is 5.75 Å². The Morgan fingerprint density at radius 2 is 2.15 bits per heavy atom. The molecule has 0 radical (unpaired) electrons. The molecule has 110 valence electrons. The fourth-order valence-corrected chi connectivity index (χ4v) is 1.99. The van der Waals surface area contributed by atoms with Crippen LogP contribution in [0.4, 0.5) is 10.5 Å². The van der Waals surface area contributed by atoms with E-state index in [1.54, 1.807) is 18.2 Å². The fourth-order valence-electron chi connectivity index (χ4n) is 1.63. The summed E-state index contributed by atoms with van der Waals surface area (Å²) in [7, 11) is 1.51. The number of carboxylic acid groups (broad SMARTS) is 1. The summed E-state index contributed by atoms with van der Waals surface area (Å²) in [5.41, 5.74) is 0.504. The van der Waals surface area contributed by atoms with Crippen LogP contribution in [-0.2, 0) is 4.79 Å². The van der Waals surface area contributed by atoms with Gasteiger partial charge in [0.1, 0.15) is 5.75 Å². The molecule has 0 aromatic heterocycles. The van der Waals surface area contributed by atoms with Crippen LogP contribution in [0, 0.1) is 0 Å². The SMILES string of the molecule is CCC(CC(=O)O)NC(=O)Nc1cc(Br)ccc1OC. The molecule has 0 saturated carbocycles. The minimum absolute atomic E-state index is 0.112. The number of rotatable bonds is 6. The first-order valence-corrected chi connectivity index (χ1v) is 6.88. The first kappa shape index (κ1) is 16.3. The van der Waals surface area contributed by atoms with E-state index in [1.165, 1.54) is 7.11 Å². The van der Waals surface area contributed by atoms with E-state index in [9.17, 15) is 9.59 Å². The van der Waals surface area contributed by atoms with Crippen LogP contribution in [-0.4, -0.2) is 30.3 Å². The summed E-state index contributed by atoms with van der Waals surface area (Å²) in [6, 6.07) is 4.34. The van der Waals surface area contributed by atoms with Crippen LogP contribution in [0.15, 0.2) is 22.7 Å². The molecule has 1 rings (SSSR count). The Kier molecular flexibility index (Phi) is 6.30. The predicted octanol–water partition coefficient (Wildman–Crippen LogP) is 2.83. The van der Waals surface area contributed by atoms with Crippen LogP contribution in [0.3, 0.4) is 0 Å². The Bertz CT molecular complexity index is 493. The Balaban J connectivity index is 2.70. The third-order valence-corrected chi connectivity index (χ3v) is 3.15. The third-order valence-electron chi connectivity index (χ3n) is 2.66. The number of hydrogen-bond donors (Lipinski definition) is 3. The highest BCUT2D eigenvalue weighted by Gasteiger charge is 2.15. The van der Waals surface area contributed by atoms with Crippen molar-refractivity contribution < 1.29 is 19.4 Å². The van der Waals surface area contributed by atoms with Gasteiger partial charge in [0.2, 0.25) is 0 Å². The second-order valence-corrected chi connectivity index (χ2v) is 5.06. The summed E-state index contributed by atoms with van der Waals surface area (Å²) in [5.74, 6) is -0.424. The maximum atomic E-state index is 11.9. The number of amides is 2. The summed E-state index contributed by atoms with van der Waals surface area (Å²) in [5, 5.41) is 14.0. The average molecular weight is 345 g/mol. The molecule has 1 atom stereocenters. The number of methoxy groups -OCH3 is 1. The molecule has 7 heteroatoms. The molecule has 0 aliphatic carbocycles. The van der Waals surface area contributed by atoms with Gasteiger partial charge in [-0.25, -0.2) is 4.79 Å². The van der Waals surface area contributed by atoms with Gasteiger partial charge in [0.25, 0.3) is 0 Å². The van der Waals surface area contributed by atoms with Crippen LogP contribution < -0.4 is 15.4 Å². The molecular weight excluding hydrogens is 328 g/mol. The molecule has 2 amide bonds. The Labute approximate surface area is 125 Å². The number of carbonyl (C=O) groups is 2. The highest BCUT2D eigenvalue weighted by atomic mass is 79.9. The van der Waals surface area contributed by atoms with E-state index in [0.29, 0.717) is 17.9 Å². The van der Waals surface area contributed by atoms with Crippen LogP contribution in [0.25, 0.3) is 0 Å². The van der Waals surface area contributed by atoms with Gasteiger partial charge in [0.15, 0.2) is 0 Å². The molecule has 6 nitrogen and oxygen atoms in total.